The summed E-state index contributed by atoms with van der Waals surface area (Å²) in [4.78, 5) is 76.6. The fraction of sp³-hybridized carbons (Fsp3) is 0.397. The lowest BCUT2D eigenvalue weighted by atomic mass is 9.93. The second kappa shape index (κ2) is 26.1. The molecule has 10 rings (SSSR count). The molecule has 6 heterocycles. The number of nitrogens with two attached hydrogens (primary N) is 1. The van der Waals surface area contributed by atoms with Crippen LogP contribution in [0.4, 0.5) is 20.7 Å². The zero-order valence-electron chi connectivity index (χ0n) is 48.7. The van der Waals surface area contributed by atoms with Gasteiger partial charge >= 0.3 is 6.03 Å². The van der Waals surface area contributed by atoms with E-state index < -0.39 is 17.9 Å². The van der Waals surface area contributed by atoms with Crippen molar-refractivity contribution in [3.05, 3.63) is 153 Å². The quantitative estimate of drug-likeness (QED) is 0.0799. The van der Waals surface area contributed by atoms with Gasteiger partial charge in [0.2, 0.25) is 11.8 Å². The largest absolute Gasteiger partial charge is 0.497 e. The van der Waals surface area contributed by atoms with Gasteiger partial charge in [-0.1, -0.05) is 53.6 Å². The summed E-state index contributed by atoms with van der Waals surface area (Å²) < 4.78 is 40.1. The van der Waals surface area contributed by atoms with Crippen LogP contribution >= 0.6 is 11.6 Å². The molecular weight excluding hydrogens is 1110 g/mol. The van der Waals surface area contributed by atoms with Crippen molar-refractivity contribution in [3.63, 3.8) is 0 Å². The van der Waals surface area contributed by atoms with Crippen molar-refractivity contribution in [3.8, 4) is 28.7 Å². The number of nitrogen functional groups attached to an aromatic ring is 1. The van der Waals surface area contributed by atoms with E-state index in [1.54, 1.807) is 69.9 Å². The molecule has 4 aliphatic heterocycles. The fourth-order valence-corrected chi connectivity index (χ4v) is 11.7. The lowest BCUT2D eigenvalue weighted by Crippen LogP contribution is -2.56. The molecule has 0 spiro atoms. The van der Waals surface area contributed by atoms with Gasteiger partial charge in [-0.25, -0.2) is 14.2 Å². The first-order valence-electron chi connectivity index (χ1n) is 28.6. The SMILES string of the molecule is COc1ccc(C2=N[C@@H](c3ccc(C)cc3)[C@@H](c3ccc(Cl)cc3)N2C(=O)N2CCN(CCOCCOCCC(=O)N(C)CCn3nc(C#N)c4c3CN(C)C(=O)c3ccc(F)cc3[C@H]3CCCN3c3cc-4cnc3N)C(=O)C2)c(OC(C)C)c1. The summed E-state index contributed by atoms with van der Waals surface area (Å²) in [5.74, 6) is 0.599. The van der Waals surface area contributed by atoms with Crippen LogP contribution in [0.15, 0.2) is 102 Å². The number of halogens is 2. The number of nitriles is 1. The number of benzene rings is 4. The van der Waals surface area contributed by atoms with Crippen LogP contribution in [0.5, 0.6) is 11.5 Å². The summed E-state index contributed by atoms with van der Waals surface area (Å²) in [5.41, 5.74) is 13.3. The van der Waals surface area contributed by atoms with Crippen LogP contribution in [-0.4, -0.2) is 162 Å². The molecule has 444 valence electrons. The number of urea groups is 1. The molecule has 85 heavy (non-hydrogen) atoms. The Bertz CT molecular complexity index is 3540. The monoisotopic (exact) mass is 1180 g/mol. The number of hydrogen-bond donors (Lipinski definition) is 1. The molecular formula is C63H70ClFN12O8. The highest BCUT2D eigenvalue weighted by Crippen LogP contribution is 2.47. The molecule has 5 amide bonds. The second-order valence-corrected chi connectivity index (χ2v) is 22.4. The summed E-state index contributed by atoms with van der Waals surface area (Å²) in [6.07, 6.45) is 2.96. The number of methoxy groups -OCH3 is 1. The third kappa shape index (κ3) is 12.9. The molecule has 4 aromatic carbocycles. The molecule has 20 nitrogen and oxygen atoms in total. The molecule has 6 aromatic rings. The number of fused-ring (bicyclic) bond motifs is 8. The first kappa shape index (κ1) is 59.6. The number of pyridine rings is 1. The molecule has 0 unspecified atom stereocenters. The summed E-state index contributed by atoms with van der Waals surface area (Å²) >= 11 is 6.41. The predicted octanol–water partition coefficient (Wildman–Crippen LogP) is 8.61. The molecule has 2 bridgehead atoms. The van der Waals surface area contributed by atoms with Crippen molar-refractivity contribution >= 4 is 52.7 Å². The maximum Gasteiger partial charge on any atom is 0.326 e. The fourth-order valence-electron chi connectivity index (χ4n) is 11.5. The van der Waals surface area contributed by atoms with Crippen LogP contribution in [0.1, 0.15) is 101 Å². The van der Waals surface area contributed by atoms with E-state index in [9.17, 15) is 24.0 Å². The van der Waals surface area contributed by atoms with Crippen LogP contribution in [0.3, 0.4) is 0 Å². The van der Waals surface area contributed by atoms with E-state index in [2.05, 4.69) is 21.1 Å². The zero-order chi connectivity index (χ0) is 60.1. The molecule has 2 saturated heterocycles. The number of carbonyl (C=O) groups is 4. The first-order chi connectivity index (χ1) is 41.0. The number of aryl methyl sites for hydroxylation is 1. The van der Waals surface area contributed by atoms with Gasteiger partial charge in [0.05, 0.1) is 88.2 Å². The van der Waals surface area contributed by atoms with Crippen molar-refractivity contribution in [1.82, 2.24) is 39.3 Å². The van der Waals surface area contributed by atoms with E-state index in [-0.39, 0.29) is 120 Å². The second-order valence-electron chi connectivity index (χ2n) is 22.0. The van der Waals surface area contributed by atoms with Gasteiger partial charge in [0.25, 0.3) is 5.91 Å². The van der Waals surface area contributed by atoms with Crippen molar-refractivity contribution < 1.29 is 42.5 Å². The molecule has 2 fully saturated rings. The number of likely N-dealkylation sites (N-methyl/N-ethyl adjacent to an activating group) is 1. The third-order valence-electron chi connectivity index (χ3n) is 15.9. The number of anilines is 2. The Balaban J connectivity index is 0.726. The molecule has 2 aromatic heterocycles. The van der Waals surface area contributed by atoms with Gasteiger partial charge in [-0.15, -0.1) is 0 Å². The number of amides is 5. The Kier molecular flexibility index (Phi) is 18.3. The highest BCUT2D eigenvalue weighted by atomic mass is 35.5. The standard InChI is InChI=1S/C63H70ClFN12O8/c1-39(2)85-54-34-46(82-6)18-20-48(54)61-69-58(41-11-9-40(3)10-12-41)59(42-13-15-44(64)16-14-42)77(61)63(81)74-25-24-73(56(79)38-74)27-29-84-31-30-83-28-21-55(78)71(4)23-26-76-53-37-72(5)62(80)47-19-17-45(65)33-49(47)51-8-7-22-75(51)52-32-43(36-68-60(52)67)57(53)50(35-66)70-76/h9-20,32-34,36,39,51,58-59H,7-8,21-31,37-38H2,1-6H3,(H2,67,68)/t51-,58+,59-/m1/s1. The smallest absolute Gasteiger partial charge is 0.326 e. The maximum atomic E-state index is 15.2. The molecule has 22 heteroatoms. The van der Waals surface area contributed by atoms with Gasteiger partial charge in [0, 0.05) is 80.8 Å². The Hall–Kier alpha value is -8.58. The van der Waals surface area contributed by atoms with Crippen molar-refractivity contribution in [2.45, 2.75) is 77.4 Å². The summed E-state index contributed by atoms with van der Waals surface area (Å²) in [5, 5.41) is 15.6. The van der Waals surface area contributed by atoms with Crippen molar-refractivity contribution in [2.75, 3.05) is 97.5 Å². The van der Waals surface area contributed by atoms with E-state index >= 15 is 4.79 Å². The minimum atomic E-state index is -0.599. The van der Waals surface area contributed by atoms with E-state index in [1.165, 1.54) is 23.1 Å². The van der Waals surface area contributed by atoms with Crippen molar-refractivity contribution in [2.24, 2.45) is 4.99 Å². The highest BCUT2D eigenvalue weighted by Gasteiger charge is 2.46. The van der Waals surface area contributed by atoms with Gasteiger partial charge in [0.15, 0.2) is 5.69 Å². The summed E-state index contributed by atoms with van der Waals surface area (Å²) in [6.45, 7) is 8.49. The molecule has 0 saturated carbocycles. The lowest BCUT2D eigenvalue weighted by molar-refractivity contribution is -0.135. The topological polar surface area (TPSA) is 218 Å². The Morgan fingerprint density at radius 1 is 0.906 bits per heavy atom. The third-order valence-corrected chi connectivity index (χ3v) is 16.2. The summed E-state index contributed by atoms with van der Waals surface area (Å²) in [6, 6.07) is 27.5. The number of piperazine rings is 1. The lowest BCUT2D eigenvalue weighted by Gasteiger charge is -2.38. The number of rotatable bonds is 18. The van der Waals surface area contributed by atoms with Gasteiger partial charge in [-0.05, 0) is 98.8 Å². The van der Waals surface area contributed by atoms with E-state index in [4.69, 9.17) is 41.3 Å². The van der Waals surface area contributed by atoms with Crippen LogP contribution in [0.25, 0.3) is 11.1 Å². The average molecular weight is 1180 g/mol. The number of ether oxygens (including phenoxy) is 4. The van der Waals surface area contributed by atoms with Crippen LogP contribution in [0.2, 0.25) is 5.02 Å². The van der Waals surface area contributed by atoms with E-state index in [0.29, 0.717) is 81.1 Å². The van der Waals surface area contributed by atoms with E-state index in [0.717, 1.165) is 23.1 Å². The van der Waals surface area contributed by atoms with Crippen LogP contribution in [0, 0.1) is 24.1 Å². The minimum absolute atomic E-state index is 0.0523. The maximum absolute atomic E-state index is 15.2. The number of amidine groups is 1. The molecule has 3 atom stereocenters. The molecule has 0 aliphatic carbocycles. The average Bonchev–Trinajstić information content (AvgIpc) is 2.90. The van der Waals surface area contributed by atoms with E-state index in [1.807, 2.05) is 75.4 Å². The van der Waals surface area contributed by atoms with Gasteiger partial charge in [0.1, 0.15) is 47.6 Å². The van der Waals surface area contributed by atoms with Gasteiger partial charge < -0.3 is 49.2 Å². The van der Waals surface area contributed by atoms with Crippen LogP contribution < -0.4 is 20.1 Å². The number of aliphatic imine (C=N–C) groups is 1. The number of nitrogens with zero attached hydrogens (tertiary/aromatic N) is 11. The summed E-state index contributed by atoms with van der Waals surface area (Å²) in [7, 11) is 4.92. The Morgan fingerprint density at radius 2 is 1.65 bits per heavy atom. The van der Waals surface area contributed by atoms with Crippen molar-refractivity contribution in [1.29, 1.82) is 5.26 Å². The predicted molar refractivity (Wildman–Crippen MR) is 319 cm³/mol. The number of carbonyl (C=O) groups excluding carboxylic acids is 4. The minimum Gasteiger partial charge on any atom is -0.497 e. The number of aromatic nitrogens is 3. The van der Waals surface area contributed by atoms with Gasteiger partial charge in [-0.2, -0.15) is 10.4 Å². The number of hydrogen-bond acceptors (Lipinski definition) is 14. The Morgan fingerprint density at radius 3 is 2.38 bits per heavy atom. The molecule has 2 N–H and O–H groups in total. The molecule has 0 radical (unpaired) electrons. The first-order valence-corrected chi connectivity index (χ1v) is 29.0. The normalized spacial score (nSPS) is 17.7. The van der Waals surface area contributed by atoms with Gasteiger partial charge in [-0.3, -0.25) is 29.0 Å². The molecule has 4 aliphatic rings. The Labute approximate surface area is 499 Å². The highest BCUT2D eigenvalue weighted by molar-refractivity contribution is 6.30. The zero-order valence-corrected chi connectivity index (χ0v) is 49.4. The van der Waals surface area contributed by atoms with Crippen LogP contribution in [-0.2, 0) is 32.2 Å².